The molecular weight excluding hydrogens is 817 g/mol. The first kappa shape index (κ1) is 56.9. The lowest BCUT2D eigenvalue weighted by Gasteiger charge is -2.32. The van der Waals surface area contributed by atoms with Gasteiger partial charge < -0.3 is 26.6 Å². The summed E-state index contributed by atoms with van der Waals surface area (Å²) >= 11 is 0. The molecule has 0 N–H and O–H groups in total. The third kappa shape index (κ3) is 29.8. The van der Waals surface area contributed by atoms with Gasteiger partial charge in [-0.15, -0.1) is 0 Å². The van der Waals surface area contributed by atoms with Crippen LogP contribution >= 0.6 is 51.1 Å². The Morgan fingerprint density at radius 1 is 0.291 bits per heavy atom. The number of unbranched alkanes of at least 4 members (excludes halogenated alkanes) is 28. The molecule has 332 valence electrons. The zero-order valence-corrected chi connectivity index (χ0v) is 43.4. The van der Waals surface area contributed by atoms with Crippen molar-refractivity contribution < 1.29 is 26.6 Å². The molecule has 6 nitrogen and oxygen atoms in total. The fraction of sp³-hybridized carbons (Fsp3) is 1.00. The normalized spacial score (nSPS) is 13.5. The molecule has 0 radical (unpaired) electrons. The van der Waals surface area contributed by atoms with Gasteiger partial charge in [0.05, 0.1) is 9.75 Å². The quantitative estimate of drug-likeness (QED) is 0.0333. The maximum Gasteiger partial charge on any atom is 0.514 e. The van der Waals surface area contributed by atoms with Crippen LogP contribution in [0.3, 0.4) is 0 Å². The van der Waals surface area contributed by atoms with Crippen LogP contribution < -0.4 is 0 Å². The predicted molar refractivity (Wildman–Crippen MR) is 258 cm³/mol. The molecule has 0 aromatic heterocycles. The molecule has 0 bridgehead atoms. The van der Waals surface area contributed by atoms with Crippen LogP contribution in [0.5, 0.6) is 0 Å². The molecule has 0 rings (SSSR count). The highest BCUT2D eigenvalue weighted by Crippen LogP contribution is 2.54. The van der Waals surface area contributed by atoms with Crippen molar-refractivity contribution in [3.8, 4) is 0 Å². The van der Waals surface area contributed by atoms with E-state index >= 15 is 0 Å². The van der Waals surface area contributed by atoms with E-state index < -0.39 is 17.6 Å². The van der Waals surface area contributed by atoms with Crippen LogP contribution in [-0.2, 0) is 26.6 Å². The molecule has 13 heteroatoms. The predicted octanol–water partition coefficient (Wildman–Crippen LogP) is 16.4. The van der Waals surface area contributed by atoms with E-state index in [-0.39, 0.29) is 9.75 Å². The van der Waals surface area contributed by atoms with Crippen molar-refractivity contribution in [3.05, 3.63) is 0 Å². The zero-order chi connectivity index (χ0) is 40.6. The minimum Gasteiger partial charge on any atom is -0.376 e. The standard InChI is InChI=1S/C42H90O6S5Si2/c1-9-11-13-15-17-19-21-23-25-27-29-31-33-35-37-39-41(54(43-3,44-4)45-5)49-51-53-52-50-42(55(46-6,47-7)48-8)40-38-36-34-32-30-28-26-24-22-20-18-16-14-12-10-2/h41-42H,9-40H2,1-8H3. The molecule has 2 atom stereocenters. The van der Waals surface area contributed by atoms with E-state index in [1.165, 1.54) is 193 Å². The summed E-state index contributed by atoms with van der Waals surface area (Å²) in [5.74, 6) is 0. The smallest absolute Gasteiger partial charge is 0.376 e. The Labute approximate surface area is 364 Å². The molecular formula is C42H90O6S5Si2. The van der Waals surface area contributed by atoms with Gasteiger partial charge in [-0.05, 0) is 42.3 Å². The van der Waals surface area contributed by atoms with Gasteiger partial charge in [0.2, 0.25) is 0 Å². The molecule has 0 saturated heterocycles. The molecule has 0 aliphatic rings. The monoisotopic (exact) mass is 906 g/mol. The lowest BCUT2D eigenvalue weighted by Crippen LogP contribution is -2.52. The van der Waals surface area contributed by atoms with Crippen molar-refractivity contribution in [2.75, 3.05) is 42.7 Å². The summed E-state index contributed by atoms with van der Waals surface area (Å²) in [6.45, 7) is 4.59. The molecule has 0 aliphatic carbocycles. The fourth-order valence-electron chi connectivity index (χ4n) is 7.40. The third-order valence-electron chi connectivity index (χ3n) is 11.0. The van der Waals surface area contributed by atoms with Gasteiger partial charge in [0.15, 0.2) is 0 Å². The zero-order valence-electron chi connectivity index (χ0n) is 37.3. The van der Waals surface area contributed by atoms with Crippen LogP contribution in [0.4, 0.5) is 0 Å². The molecule has 0 spiro atoms. The van der Waals surface area contributed by atoms with Gasteiger partial charge in [-0.2, -0.15) is 0 Å². The first-order valence-electron chi connectivity index (χ1n) is 22.6. The van der Waals surface area contributed by atoms with Crippen LogP contribution in [-0.4, -0.2) is 70.0 Å². The Morgan fingerprint density at radius 3 is 0.691 bits per heavy atom. The van der Waals surface area contributed by atoms with Crippen molar-refractivity contribution in [2.45, 2.75) is 229 Å². The molecule has 0 aromatic carbocycles. The lowest BCUT2D eigenvalue weighted by molar-refractivity contribution is 0.120. The highest BCUT2D eigenvalue weighted by Gasteiger charge is 2.49. The Hall–Kier alpha value is 1.94. The molecule has 0 saturated carbocycles. The number of rotatable bonds is 46. The van der Waals surface area contributed by atoms with Crippen LogP contribution in [0.25, 0.3) is 0 Å². The second-order valence-electron chi connectivity index (χ2n) is 15.3. The summed E-state index contributed by atoms with van der Waals surface area (Å²) in [6.07, 6.45) is 43.4. The summed E-state index contributed by atoms with van der Waals surface area (Å²) in [4.78, 5) is 0.387. The molecule has 0 aliphatic heterocycles. The van der Waals surface area contributed by atoms with Crippen molar-refractivity contribution in [3.63, 3.8) is 0 Å². The van der Waals surface area contributed by atoms with Crippen LogP contribution in [0.2, 0.25) is 0 Å². The van der Waals surface area contributed by atoms with Gasteiger partial charge in [0, 0.05) is 42.7 Å². The van der Waals surface area contributed by atoms with Gasteiger partial charge in [-0.1, -0.05) is 228 Å². The van der Waals surface area contributed by atoms with Crippen molar-refractivity contribution in [2.24, 2.45) is 0 Å². The highest BCUT2D eigenvalue weighted by molar-refractivity contribution is 9.35. The van der Waals surface area contributed by atoms with Gasteiger partial charge >= 0.3 is 17.6 Å². The van der Waals surface area contributed by atoms with E-state index in [0.29, 0.717) is 0 Å². The molecule has 2 unspecified atom stereocenters. The van der Waals surface area contributed by atoms with Gasteiger partial charge in [0.1, 0.15) is 0 Å². The van der Waals surface area contributed by atoms with Crippen LogP contribution in [0.1, 0.15) is 219 Å². The van der Waals surface area contributed by atoms with Gasteiger partial charge in [-0.3, -0.25) is 0 Å². The van der Waals surface area contributed by atoms with Crippen molar-refractivity contribution >= 4 is 68.7 Å². The fourth-order valence-corrected chi connectivity index (χ4v) is 26.9. The highest BCUT2D eigenvalue weighted by atomic mass is 33.8. The topological polar surface area (TPSA) is 55.4 Å². The first-order valence-corrected chi connectivity index (χ1v) is 32.5. The summed E-state index contributed by atoms with van der Waals surface area (Å²) < 4.78 is 35.8. The number of hydrogen-bond acceptors (Lipinski definition) is 11. The molecule has 55 heavy (non-hydrogen) atoms. The second-order valence-corrected chi connectivity index (χ2v) is 30.4. The molecule has 0 fully saturated rings. The summed E-state index contributed by atoms with van der Waals surface area (Å²) in [5.41, 5.74) is 0. The van der Waals surface area contributed by atoms with Gasteiger partial charge in [-0.25, -0.2) is 0 Å². The van der Waals surface area contributed by atoms with Crippen LogP contribution in [0.15, 0.2) is 0 Å². The summed E-state index contributed by atoms with van der Waals surface area (Å²) in [6, 6.07) is 0. The molecule has 0 amide bonds. The van der Waals surface area contributed by atoms with E-state index in [1.807, 2.05) is 41.2 Å². The third-order valence-corrected chi connectivity index (χ3v) is 28.9. The van der Waals surface area contributed by atoms with Crippen molar-refractivity contribution in [1.82, 2.24) is 0 Å². The van der Waals surface area contributed by atoms with E-state index in [9.17, 15) is 0 Å². The summed E-state index contributed by atoms with van der Waals surface area (Å²) in [5, 5.41) is 0. The first-order chi connectivity index (χ1) is 27.0. The van der Waals surface area contributed by atoms with Gasteiger partial charge in [0.25, 0.3) is 0 Å². The molecule has 0 heterocycles. The minimum atomic E-state index is -2.77. The maximum absolute atomic E-state index is 5.97. The molecule has 0 aromatic rings. The largest absolute Gasteiger partial charge is 0.514 e. The lowest BCUT2D eigenvalue weighted by atomic mass is 10.0. The van der Waals surface area contributed by atoms with E-state index in [1.54, 1.807) is 52.5 Å². The van der Waals surface area contributed by atoms with E-state index in [4.69, 9.17) is 26.6 Å². The Bertz CT molecular complexity index is 697. The average molecular weight is 908 g/mol. The average Bonchev–Trinajstić information content (AvgIpc) is 3.21. The Balaban J connectivity index is 4.47. The SMILES string of the molecule is CCCCCCCCCCCCCCCCCC(SSSSSC(CCCCCCCCCCCCCCCCC)[Si](OC)(OC)OC)[Si](OC)(OC)OC. The van der Waals surface area contributed by atoms with E-state index in [2.05, 4.69) is 13.8 Å². The number of hydrogen-bond donors (Lipinski definition) is 0. The summed E-state index contributed by atoms with van der Waals surface area (Å²) in [7, 11) is 14.1. The minimum absolute atomic E-state index is 0.194. The Kier molecular flexibility index (Phi) is 44.1. The van der Waals surface area contributed by atoms with Crippen molar-refractivity contribution in [1.29, 1.82) is 0 Å². The Morgan fingerprint density at radius 2 is 0.491 bits per heavy atom. The van der Waals surface area contributed by atoms with E-state index in [0.717, 1.165) is 12.8 Å². The second kappa shape index (κ2) is 42.6. The maximum atomic E-state index is 5.97. The van der Waals surface area contributed by atoms with Crippen LogP contribution in [0, 0.1) is 0 Å².